The van der Waals surface area contributed by atoms with Gasteiger partial charge in [0.1, 0.15) is 11.2 Å². The Morgan fingerprint density at radius 1 is 0.686 bits per heavy atom. The van der Waals surface area contributed by atoms with Crippen LogP contribution in [0.1, 0.15) is 71.6 Å². The van der Waals surface area contributed by atoms with E-state index in [4.69, 9.17) is 4.42 Å². The molecule has 10 rings (SSSR count). The zero-order valence-electron chi connectivity index (χ0n) is 28.8. The Morgan fingerprint density at radius 3 is 2.22 bits per heavy atom. The van der Waals surface area contributed by atoms with Crippen molar-refractivity contribution >= 4 is 23.9 Å². The van der Waals surface area contributed by atoms with Crippen molar-refractivity contribution in [3.63, 3.8) is 0 Å². The summed E-state index contributed by atoms with van der Waals surface area (Å²) in [7, 11) is 0. The van der Waals surface area contributed by atoms with Gasteiger partial charge < -0.3 is 9.32 Å². The average Bonchev–Trinajstić information content (AvgIpc) is 3.73. The quantitative estimate of drug-likeness (QED) is 0.180. The Kier molecular flexibility index (Phi) is 7.30. The topological polar surface area (TPSA) is 16.4 Å². The summed E-state index contributed by atoms with van der Waals surface area (Å²) in [6, 6.07) is 38.9. The fourth-order valence-corrected chi connectivity index (χ4v) is 9.49. The van der Waals surface area contributed by atoms with Crippen LogP contribution in [0, 0.1) is 0 Å². The van der Waals surface area contributed by atoms with E-state index in [0.717, 1.165) is 49.7 Å². The zero-order chi connectivity index (χ0) is 33.8. The van der Waals surface area contributed by atoms with Crippen LogP contribution in [0.4, 0.5) is 5.69 Å². The molecule has 2 heteroatoms. The lowest BCUT2D eigenvalue weighted by Crippen LogP contribution is -2.40. The molecule has 0 aliphatic heterocycles. The highest BCUT2D eigenvalue weighted by atomic mass is 16.3. The first-order valence-electron chi connectivity index (χ1n) is 18.7. The maximum atomic E-state index is 6.54. The van der Waals surface area contributed by atoms with Crippen LogP contribution in [0.2, 0.25) is 0 Å². The van der Waals surface area contributed by atoms with Gasteiger partial charge in [-0.2, -0.15) is 0 Å². The molecule has 0 fully saturated rings. The summed E-state index contributed by atoms with van der Waals surface area (Å²) in [4.78, 5) is 2.59. The van der Waals surface area contributed by atoms with Crippen molar-refractivity contribution in [1.29, 1.82) is 0 Å². The molecule has 0 saturated carbocycles. The number of fused-ring (bicyclic) bond motifs is 6. The molecular formula is C49H41NO. The highest BCUT2D eigenvalue weighted by molar-refractivity contribution is 5.86. The average molecular weight is 660 g/mol. The second-order valence-corrected chi connectivity index (χ2v) is 14.5. The van der Waals surface area contributed by atoms with E-state index in [0.29, 0.717) is 5.92 Å². The normalized spacial score (nSPS) is 20.5. The van der Waals surface area contributed by atoms with Crippen LogP contribution >= 0.6 is 0 Å². The van der Waals surface area contributed by atoms with Gasteiger partial charge in [-0.3, -0.25) is 0 Å². The van der Waals surface area contributed by atoms with Gasteiger partial charge in [0.05, 0.1) is 11.5 Å². The molecule has 0 bridgehead atoms. The van der Waals surface area contributed by atoms with E-state index < -0.39 is 0 Å². The molecular weight excluding hydrogens is 619 g/mol. The van der Waals surface area contributed by atoms with Crippen LogP contribution in [0.25, 0.3) is 29.4 Å². The fourth-order valence-electron chi connectivity index (χ4n) is 9.49. The highest BCUT2D eigenvalue weighted by Gasteiger charge is 2.47. The lowest BCUT2D eigenvalue weighted by Gasteiger charge is -2.40. The van der Waals surface area contributed by atoms with Crippen molar-refractivity contribution in [2.45, 2.75) is 55.9 Å². The molecule has 2 unspecified atom stereocenters. The van der Waals surface area contributed by atoms with Crippen molar-refractivity contribution in [3.8, 4) is 11.1 Å². The van der Waals surface area contributed by atoms with Gasteiger partial charge in [-0.15, -0.1) is 0 Å². The number of nitrogens with zero attached hydrogens (tertiary/aromatic N) is 1. The number of anilines is 1. The number of allylic oxidation sites excluding steroid dienone is 8. The Hall–Kier alpha value is -5.60. The van der Waals surface area contributed by atoms with Gasteiger partial charge in [0.25, 0.3) is 0 Å². The van der Waals surface area contributed by atoms with Crippen molar-refractivity contribution in [3.05, 3.63) is 201 Å². The largest absolute Gasteiger partial charge is 0.457 e. The molecule has 5 aromatic rings. The molecule has 0 amide bonds. The summed E-state index contributed by atoms with van der Waals surface area (Å²) in [5.41, 5.74) is 14.1. The summed E-state index contributed by atoms with van der Waals surface area (Å²) in [6.45, 7) is 0. The van der Waals surface area contributed by atoms with E-state index in [1.807, 2.05) is 0 Å². The van der Waals surface area contributed by atoms with Crippen molar-refractivity contribution in [1.82, 2.24) is 0 Å². The van der Waals surface area contributed by atoms with Crippen LogP contribution in [0.3, 0.4) is 0 Å². The Balaban J connectivity index is 1.14. The number of furan rings is 1. The third kappa shape index (κ3) is 4.84. The highest BCUT2D eigenvalue weighted by Crippen LogP contribution is 2.57. The standard InChI is InChI=1S/C49H41NO/c1-3-14-34(15-4-1)35-26-28-38(29-27-35)50(40-30-31-44-43-22-9-12-25-47(43)51-48(44)33-40)39-19-13-18-37(32-39)49(36-16-5-2-6-17-36)45-23-10-7-20-41(45)42-21-8-11-24-46(42)49/h1-8,10-12,14,16-17,19-21,23-29,31-34,40H,9,13,15,18,22,30H2. The van der Waals surface area contributed by atoms with Gasteiger partial charge in [-0.05, 0) is 108 Å². The summed E-state index contributed by atoms with van der Waals surface area (Å²) in [6.07, 6.45) is 29.3. The van der Waals surface area contributed by atoms with Crippen LogP contribution in [-0.4, -0.2) is 6.04 Å². The SMILES string of the molecule is C1=CCC(c2ccc(N(C3=CCCC(C4(c5ccccc5)c5ccccc5-c5ccccc54)=C3)C3C=c4oc5c(c4=CC3)CCC=C5)cc2)C=C1. The van der Waals surface area contributed by atoms with Crippen molar-refractivity contribution in [2.75, 3.05) is 4.90 Å². The van der Waals surface area contributed by atoms with Crippen molar-refractivity contribution in [2.24, 2.45) is 0 Å². The summed E-state index contributed by atoms with van der Waals surface area (Å²) >= 11 is 0. The van der Waals surface area contributed by atoms with E-state index in [1.54, 1.807) is 0 Å². The Labute approximate surface area is 300 Å². The minimum atomic E-state index is -0.369. The molecule has 2 nitrogen and oxygen atoms in total. The van der Waals surface area contributed by atoms with Gasteiger partial charge in [0.15, 0.2) is 0 Å². The van der Waals surface area contributed by atoms with Crippen LogP contribution in [0.5, 0.6) is 0 Å². The first-order valence-corrected chi connectivity index (χ1v) is 18.7. The van der Waals surface area contributed by atoms with Gasteiger partial charge in [-0.1, -0.05) is 134 Å². The second kappa shape index (κ2) is 12.3. The molecule has 0 N–H and O–H groups in total. The summed E-state index contributed by atoms with van der Waals surface area (Å²) in [5.74, 6) is 1.46. The Morgan fingerprint density at radius 2 is 1.45 bits per heavy atom. The van der Waals surface area contributed by atoms with E-state index in [1.165, 1.54) is 61.1 Å². The molecule has 1 aromatic heterocycles. The molecule has 0 spiro atoms. The maximum absolute atomic E-state index is 6.54. The summed E-state index contributed by atoms with van der Waals surface area (Å²) < 4.78 is 6.54. The van der Waals surface area contributed by atoms with E-state index >= 15 is 0 Å². The lowest BCUT2D eigenvalue weighted by atomic mass is 9.65. The first-order chi connectivity index (χ1) is 25.3. The molecule has 5 aliphatic carbocycles. The molecule has 4 aromatic carbocycles. The van der Waals surface area contributed by atoms with Crippen molar-refractivity contribution < 1.29 is 4.42 Å². The lowest BCUT2D eigenvalue weighted by molar-refractivity contribution is 0.513. The predicted molar refractivity (Wildman–Crippen MR) is 211 cm³/mol. The van der Waals surface area contributed by atoms with E-state index in [2.05, 4.69) is 169 Å². The minimum Gasteiger partial charge on any atom is -0.457 e. The number of rotatable bonds is 6. The van der Waals surface area contributed by atoms with Gasteiger partial charge in [-0.25, -0.2) is 0 Å². The zero-order valence-corrected chi connectivity index (χ0v) is 28.8. The molecule has 5 aliphatic rings. The number of hydrogen-bond acceptors (Lipinski definition) is 2. The fraction of sp³-hybridized carbons (Fsp3) is 0.184. The monoisotopic (exact) mass is 659 g/mol. The molecule has 51 heavy (non-hydrogen) atoms. The van der Waals surface area contributed by atoms with E-state index in [-0.39, 0.29) is 11.5 Å². The number of benzene rings is 4. The van der Waals surface area contributed by atoms with Gasteiger partial charge in [0.2, 0.25) is 0 Å². The smallest absolute Gasteiger partial charge is 0.132 e. The predicted octanol–water partition coefficient (Wildman–Crippen LogP) is 10.3. The number of hydrogen-bond donors (Lipinski definition) is 0. The van der Waals surface area contributed by atoms with Crippen LogP contribution < -0.4 is 15.5 Å². The van der Waals surface area contributed by atoms with Crippen LogP contribution in [0.15, 0.2) is 161 Å². The third-order valence-electron chi connectivity index (χ3n) is 11.8. The third-order valence-corrected chi connectivity index (χ3v) is 11.8. The molecule has 0 radical (unpaired) electrons. The molecule has 0 saturated heterocycles. The maximum Gasteiger partial charge on any atom is 0.132 e. The first kappa shape index (κ1) is 30.2. The van der Waals surface area contributed by atoms with Gasteiger partial charge >= 0.3 is 0 Å². The van der Waals surface area contributed by atoms with Crippen LogP contribution in [-0.2, 0) is 11.8 Å². The second-order valence-electron chi connectivity index (χ2n) is 14.5. The summed E-state index contributed by atoms with van der Waals surface area (Å²) in [5, 5.41) is 1.30. The Bertz CT molecular complexity index is 2390. The van der Waals surface area contributed by atoms with E-state index in [9.17, 15) is 0 Å². The molecule has 248 valence electrons. The molecule has 1 heterocycles. The molecule has 2 atom stereocenters. The minimum absolute atomic E-state index is 0.120. The van der Waals surface area contributed by atoms with Gasteiger partial charge in [0, 0.05) is 28.1 Å².